The summed E-state index contributed by atoms with van der Waals surface area (Å²) in [5.74, 6) is 1.63. The lowest BCUT2D eigenvalue weighted by molar-refractivity contribution is 0.0962. The fraction of sp³-hybridized carbons (Fsp3) is 0.458. The van der Waals surface area contributed by atoms with Crippen LogP contribution in [0.2, 0.25) is 0 Å². The van der Waals surface area contributed by atoms with Gasteiger partial charge in [-0.05, 0) is 55.0 Å². The Morgan fingerprint density at radius 1 is 1.24 bits per heavy atom. The van der Waals surface area contributed by atoms with Crippen LogP contribution in [0.15, 0.2) is 30.3 Å². The minimum Gasteiger partial charge on any atom is -0.494 e. The first-order valence-electron chi connectivity index (χ1n) is 10.4. The molecule has 0 amide bonds. The molecule has 2 heterocycles. The van der Waals surface area contributed by atoms with E-state index in [1.54, 1.807) is 0 Å². The Labute approximate surface area is 172 Å². The topological polar surface area (TPSA) is 66.3 Å². The fourth-order valence-corrected chi connectivity index (χ4v) is 3.72. The molecule has 1 saturated carbocycles. The van der Waals surface area contributed by atoms with Crippen molar-refractivity contribution in [2.45, 2.75) is 58.4 Å². The number of amidine groups is 1. The van der Waals surface area contributed by atoms with E-state index in [1.165, 1.54) is 12.8 Å². The Hall–Kier alpha value is -2.69. The molecule has 29 heavy (non-hydrogen) atoms. The van der Waals surface area contributed by atoms with Crippen molar-refractivity contribution in [1.82, 2.24) is 9.88 Å². The van der Waals surface area contributed by atoms with Gasteiger partial charge in [-0.3, -0.25) is 10.2 Å². The predicted octanol–water partition coefficient (Wildman–Crippen LogP) is 4.68. The number of nitrogens with one attached hydrogen (secondary N) is 1. The molecule has 1 aromatic carbocycles. The molecular weight excluding hydrogens is 362 g/mol. The highest BCUT2D eigenvalue weighted by atomic mass is 16.5. The number of ether oxygens (including phenoxy) is 1. The van der Waals surface area contributed by atoms with Crippen LogP contribution in [0.1, 0.15) is 79.3 Å². The maximum Gasteiger partial charge on any atom is 0.182 e. The number of carbonyl (C=O) groups is 1. The van der Waals surface area contributed by atoms with Crippen molar-refractivity contribution in [2.75, 3.05) is 13.2 Å². The molecule has 0 unspecified atom stereocenters. The molecule has 1 N–H and O–H groups in total. The van der Waals surface area contributed by atoms with Crippen LogP contribution in [0.5, 0.6) is 5.75 Å². The zero-order chi connectivity index (χ0) is 20.8. The summed E-state index contributed by atoms with van der Waals surface area (Å²) >= 11 is 0. The third kappa shape index (κ3) is 4.04. The van der Waals surface area contributed by atoms with Crippen LogP contribution in [0, 0.1) is 5.41 Å². The zero-order valence-corrected chi connectivity index (χ0v) is 17.7. The van der Waals surface area contributed by atoms with E-state index < -0.39 is 0 Å². The van der Waals surface area contributed by atoms with E-state index in [0.717, 1.165) is 28.3 Å². The van der Waals surface area contributed by atoms with E-state index in [0.29, 0.717) is 30.5 Å². The molecule has 0 bridgehead atoms. The van der Waals surface area contributed by atoms with Gasteiger partial charge in [-0.1, -0.05) is 26.8 Å². The Balaban J connectivity index is 1.55. The van der Waals surface area contributed by atoms with Gasteiger partial charge in [0.2, 0.25) is 0 Å². The van der Waals surface area contributed by atoms with Crippen LogP contribution < -0.4 is 4.74 Å². The lowest BCUT2D eigenvalue weighted by Gasteiger charge is -2.22. The van der Waals surface area contributed by atoms with Crippen LogP contribution in [-0.4, -0.2) is 34.7 Å². The molecule has 2 aliphatic rings. The van der Waals surface area contributed by atoms with Crippen LogP contribution in [0.3, 0.4) is 0 Å². The van der Waals surface area contributed by atoms with Gasteiger partial charge in [-0.2, -0.15) is 0 Å². The Morgan fingerprint density at radius 3 is 2.66 bits per heavy atom. The maximum absolute atomic E-state index is 13.1. The van der Waals surface area contributed by atoms with Gasteiger partial charge in [-0.25, -0.2) is 4.98 Å². The van der Waals surface area contributed by atoms with Crippen molar-refractivity contribution in [3.63, 3.8) is 0 Å². The van der Waals surface area contributed by atoms with Gasteiger partial charge in [0.1, 0.15) is 17.3 Å². The van der Waals surface area contributed by atoms with E-state index in [1.807, 2.05) is 30.0 Å². The number of Topliss-reactive ketones (excluding diaryl/α,β-unsaturated/α-hetero) is 1. The minimum atomic E-state index is -0.0815. The molecule has 1 aromatic heterocycles. The molecule has 0 saturated heterocycles. The maximum atomic E-state index is 13.1. The first kappa shape index (κ1) is 19.6. The molecule has 152 valence electrons. The SMILES string of the molecule is CCOc1cc(C(=O)CN2Cc3ccc(C4CC4)nc3C2=N)cc(C(C)(C)C)c1. The van der Waals surface area contributed by atoms with Crippen LogP contribution in [0.4, 0.5) is 0 Å². The number of carbonyl (C=O) groups excluding carboxylic acids is 1. The number of benzene rings is 1. The monoisotopic (exact) mass is 391 g/mol. The fourth-order valence-electron chi connectivity index (χ4n) is 3.72. The molecule has 1 aliphatic heterocycles. The molecule has 1 fully saturated rings. The molecular formula is C24H29N3O2. The number of nitrogens with zero attached hydrogens (tertiary/aromatic N) is 2. The third-order valence-corrected chi connectivity index (χ3v) is 5.64. The Morgan fingerprint density at radius 2 is 2.00 bits per heavy atom. The average molecular weight is 392 g/mol. The van der Waals surface area contributed by atoms with Crippen molar-refractivity contribution >= 4 is 11.6 Å². The first-order chi connectivity index (χ1) is 13.8. The first-order valence-corrected chi connectivity index (χ1v) is 10.4. The summed E-state index contributed by atoms with van der Waals surface area (Å²) in [5.41, 5.74) is 4.48. The van der Waals surface area contributed by atoms with Crippen molar-refractivity contribution in [3.8, 4) is 5.75 Å². The van der Waals surface area contributed by atoms with Crippen molar-refractivity contribution in [3.05, 3.63) is 58.4 Å². The minimum absolute atomic E-state index is 0.00275. The van der Waals surface area contributed by atoms with E-state index in [2.05, 4.69) is 32.9 Å². The lowest BCUT2D eigenvalue weighted by Crippen LogP contribution is -2.30. The highest BCUT2D eigenvalue weighted by Gasteiger charge is 2.31. The number of hydrogen-bond donors (Lipinski definition) is 1. The smallest absolute Gasteiger partial charge is 0.182 e. The van der Waals surface area contributed by atoms with E-state index in [9.17, 15) is 4.79 Å². The van der Waals surface area contributed by atoms with Crippen molar-refractivity contribution in [1.29, 1.82) is 5.41 Å². The zero-order valence-electron chi connectivity index (χ0n) is 17.7. The molecule has 5 nitrogen and oxygen atoms in total. The molecule has 1 aliphatic carbocycles. The molecule has 0 spiro atoms. The number of ketones is 1. The molecule has 4 rings (SSSR count). The van der Waals surface area contributed by atoms with Crippen LogP contribution in [0.25, 0.3) is 0 Å². The second-order valence-electron chi connectivity index (χ2n) is 9.08. The second-order valence-corrected chi connectivity index (χ2v) is 9.08. The summed E-state index contributed by atoms with van der Waals surface area (Å²) < 4.78 is 5.70. The summed E-state index contributed by atoms with van der Waals surface area (Å²) in [6, 6.07) is 9.94. The van der Waals surface area contributed by atoms with E-state index in [-0.39, 0.29) is 17.7 Å². The highest BCUT2D eigenvalue weighted by molar-refractivity contribution is 6.04. The molecule has 0 radical (unpaired) electrons. The normalized spacial score (nSPS) is 16.1. The average Bonchev–Trinajstić information content (AvgIpc) is 3.47. The van der Waals surface area contributed by atoms with E-state index >= 15 is 0 Å². The molecule has 2 aromatic rings. The number of fused-ring (bicyclic) bond motifs is 1. The van der Waals surface area contributed by atoms with Crippen molar-refractivity contribution < 1.29 is 9.53 Å². The predicted molar refractivity (Wildman–Crippen MR) is 114 cm³/mol. The Bertz CT molecular complexity index is 971. The summed E-state index contributed by atoms with van der Waals surface area (Å²) in [4.78, 5) is 19.6. The largest absolute Gasteiger partial charge is 0.494 e. The molecule has 5 heteroatoms. The second kappa shape index (κ2) is 7.29. The number of hydrogen-bond acceptors (Lipinski definition) is 4. The standard InChI is InChI=1S/C24H29N3O2/c1-5-29-19-11-17(10-18(12-19)24(2,3)4)21(28)14-27-13-16-8-9-20(15-6-7-15)26-22(16)23(27)25/h8-12,15,25H,5-7,13-14H2,1-4H3. The van der Waals surface area contributed by atoms with Crippen LogP contribution in [-0.2, 0) is 12.0 Å². The van der Waals surface area contributed by atoms with Gasteiger partial charge in [0.25, 0.3) is 0 Å². The van der Waals surface area contributed by atoms with Gasteiger partial charge in [0.05, 0.1) is 13.2 Å². The van der Waals surface area contributed by atoms with Gasteiger partial charge < -0.3 is 9.64 Å². The third-order valence-electron chi connectivity index (χ3n) is 5.64. The summed E-state index contributed by atoms with van der Waals surface area (Å²) in [5, 5.41) is 8.54. The lowest BCUT2D eigenvalue weighted by atomic mass is 9.85. The van der Waals surface area contributed by atoms with Gasteiger partial charge in [-0.15, -0.1) is 0 Å². The number of rotatable bonds is 6. The van der Waals surface area contributed by atoms with Crippen LogP contribution >= 0.6 is 0 Å². The summed E-state index contributed by atoms with van der Waals surface area (Å²) in [7, 11) is 0. The highest BCUT2D eigenvalue weighted by Crippen LogP contribution is 2.39. The number of pyridine rings is 1. The summed E-state index contributed by atoms with van der Waals surface area (Å²) in [6.45, 7) is 9.62. The van der Waals surface area contributed by atoms with E-state index in [4.69, 9.17) is 15.1 Å². The quantitative estimate of drug-likeness (QED) is 0.726. The molecule has 0 atom stereocenters. The van der Waals surface area contributed by atoms with Crippen molar-refractivity contribution in [2.24, 2.45) is 0 Å². The number of aromatic nitrogens is 1. The van der Waals surface area contributed by atoms with Gasteiger partial charge >= 0.3 is 0 Å². The van der Waals surface area contributed by atoms with Gasteiger partial charge in [0, 0.05) is 29.3 Å². The Kier molecular flexibility index (Phi) is 4.93. The summed E-state index contributed by atoms with van der Waals surface area (Å²) in [6.07, 6.45) is 2.38. The van der Waals surface area contributed by atoms with Gasteiger partial charge in [0.15, 0.2) is 5.78 Å².